The Morgan fingerprint density at radius 3 is 2.85 bits per heavy atom. The number of amides is 1. The number of furan rings is 1. The van der Waals surface area contributed by atoms with Crippen molar-refractivity contribution in [2.45, 2.75) is 33.1 Å². The summed E-state index contributed by atoms with van der Waals surface area (Å²) in [6, 6.07) is 16.1. The van der Waals surface area contributed by atoms with E-state index in [1.807, 2.05) is 35.9 Å². The molecule has 0 unspecified atom stereocenters. The van der Waals surface area contributed by atoms with Gasteiger partial charge in [-0.2, -0.15) is 5.10 Å². The molecule has 0 fully saturated rings. The minimum absolute atomic E-state index is 0.171. The summed E-state index contributed by atoms with van der Waals surface area (Å²) >= 11 is 0. The SMILES string of the molecule is Cc1ccc(CNC(=O)c2cc3n(n2)CN(Cc2ccccc2)CC3)o1. The molecule has 0 atom stereocenters. The monoisotopic (exact) mass is 350 g/mol. The lowest BCUT2D eigenvalue weighted by Crippen LogP contribution is -2.34. The minimum atomic E-state index is -0.171. The topological polar surface area (TPSA) is 63.3 Å². The highest BCUT2D eigenvalue weighted by molar-refractivity contribution is 5.92. The fraction of sp³-hybridized carbons (Fsp3) is 0.300. The molecule has 1 aliphatic rings. The maximum Gasteiger partial charge on any atom is 0.272 e. The molecule has 2 aromatic heterocycles. The van der Waals surface area contributed by atoms with E-state index in [1.54, 1.807) is 0 Å². The number of fused-ring (bicyclic) bond motifs is 1. The molecule has 0 aliphatic carbocycles. The van der Waals surface area contributed by atoms with E-state index in [9.17, 15) is 4.79 Å². The van der Waals surface area contributed by atoms with Gasteiger partial charge >= 0.3 is 0 Å². The lowest BCUT2D eigenvalue weighted by atomic mass is 10.2. The van der Waals surface area contributed by atoms with Gasteiger partial charge in [0.25, 0.3) is 5.91 Å². The average molecular weight is 350 g/mol. The molecule has 0 saturated heterocycles. The molecule has 134 valence electrons. The van der Waals surface area contributed by atoms with Crippen LogP contribution in [0.1, 0.15) is 33.3 Å². The fourth-order valence-corrected chi connectivity index (χ4v) is 3.23. The first-order valence-corrected chi connectivity index (χ1v) is 8.84. The lowest BCUT2D eigenvalue weighted by molar-refractivity contribution is 0.0940. The van der Waals surface area contributed by atoms with Crippen LogP contribution in [0.4, 0.5) is 0 Å². The van der Waals surface area contributed by atoms with Gasteiger partial charge in [-0.25, -0.2) is 0 Å². The number of aryl methyl sites for hydroxylation is 1. The van der Waals surface area contributed by atoms with Crippen molar-refractivity contribution in [3.8, 4) is 0 Å². The third-order valence-corrected chi connectivity index (χ3v) is 4.58. The molecule has 1 N–H and O–H groups in total. The summed E-state index contributed by atoms with van der Waals surface area (Å²) < 4.78 is 7.40. The first kappa shape index (κ1) is 16.6. The summed E-state index contributed by atoms with van der Waals surface area (Å²) in [6.07, 6.45) is 0.893. The van der Waals surface area contributed by atoms with Crippen molar-refractivity contribution in [2.75, 3.05) is 6.54 Å². The van der Waals surface area contributed by atoms with Crippen molar-refractivity contribution in [3.63, 3.8) is 0 Å². The predicted octanol–water partition coefficient (Wildman–Crippen LogP) is 2.73. The van der Waals surface area contributed by atoms with E-state index in [0.717, 1.165) is 36.7 Å². The number of hydrogen-bond donors (Lipinski definition) is 1. The number of carbonyl (C=O) groups is 1. The van der Waals surface area contributed by atoms with Crippen molar-refractivity contribution in [2.24, 2.45) is 0 Å². The Hall–Kier alpha value is -2.86. The van der Waals surface area contributed by atoms with Crippen molar-refractivity contribution in [3.05, 3.63) is 77.0 Å². The second kappa shape index (κ2) is 7.17. The van der Waals surface area contributed by atoms with Gasteiger partial charge in [0.1, 0.15) is 11.5 Å². The number of rotatable bonds is 5. The predicted molar refractivity (Wildman–Crippen MR) is 97.4 cm³/mol. The third kappa shape index (κ3) is 3.70. The average Bonchev–Trinajstić information content (AvgIpc) is 3.26. The lowest BCUT2D eigenvalue weighted by Gasteiger charge is -2.27. The van der Waals surface area contributed by atoms with Crippen molar-refractivity contribution in [1.29, 1.82) is 0 Å². The van der Waals surface area contributed by atoms with Gasteiger partial charge in [0.2, 0.25) is 0 Å². The van der Waals surface area contributed by atoms with E-state index in [1.165, 1.54) is 5.56 Å². The van der Waals surface area contributed by atoms with Crippen LogP contribution in [0.15, 0.2) is 52.9 Å². The summed E-state index contributed by atoms with van der Waals surface area (Å²) in [7, 11) is 0. The van der Waals surface area contributed by atoms with Crippen LogP contribution in [0.2, 0.25) is 0 Å². The molecule has 0 saturated carbocycles. The van der Waals surface area contributed by atoms with Crippen LogP contribution in [0.25, 0.3) is 0 Å². The van der Waals surface area contributed by atoms with E-state index in [-0.39, 0.29) is 5.91 Å². The second-order valence-corrected chi connectivity index (χ2v) is 6.65. The van der Waals surface area contributed by atoms with E-state index in [4.69, 9.17) is 4.42 Å². The first-order chi connectivity index (χ1) is 12.7. The molecule has 1 amide bonds. The Labute approximate surface area is 152 Å². The summed E-state index contributed by atoms with van der Waals surface area (Å²) in [6.45, 7) is 4.81. The van der Waals surface area contributed by atoms with Gasteiger partial charge in [-0.3, -0.25) is 14.4 Å². The number of nitrogens with one attached hydrogen (secondary N) is 1. The highest BCUT2D eigenvalue weighted by Crippen LogP contribution is 2.16. The van der Waals surface area contributed by atoms with E-state index >= 15 is 0 Å². The molecule has 3 heterocycles. The molecule has 1 aliphatic heterocycles. The number of hydrogen-bond acceptors (Lipinski definition) is 4. The summed E-state index contributed by atoms with van der Waals surface area (Å²) in [5.74, 6) is 1.41. The third-order valence-electron chi connectivity index (χ3n) is 4.58. The van der Waals surface area contributed by atoms with Gasteiger partial charge in [0, 0.05) is 25.2 Å². The highest BCUT2D eigenvalue weighted by atomic mass is 16.3. The number of benzene rings is 1. The molecule has 6 nitrogen and oxygen atoms in total. The Kier molecular flexibility index (Phi) is 4.58. The Balaban J connectivity index is 1.38. The molecule has 3 aromatic rings. The summed E-state index contributed by atoms with van der Waals surface area (Å²) in [4.78, 5) is 14.7. The second-order valence-electron chi connectivity index (χ2n) is 6.65. The zero-order chi connectivity index (χ0) is 17.9. The van der Waals surface area contributed by atoms with Crippen LogP contribution in [0.5, 0.6) is 0 Å². The molecule has 6 heteroatoms. The van der Waals surface area contributed by atoms with Crippen LogP contribution in [0, 0.1) is 6.92 Å². The molecule has 1 aromatic carbocycles. The van der Waals surface area contributed by atoms with Crippen molar-refractivity contribution < 1.29 is 9.21 Å². The fourth-order valence-electron chi connectivity index (χ4n) is 3.23. The van der Waals surface area contributed by atoms with Crippen LogP contribution in [0.3, 0.4) is 0 Å². The Morgan fingerprint density at radius 1 is 1.23 bits per heavy atom. The first-order valence-electron chi connectivity index (χ1n) is 8.84. The smallest absolute Gasteiger partial charge is 0.272 e. The Bertz CT molecular complexity index is 898. The molecule has 4 rings (SSSR count). The van der Waals surface area contributed by atoms with Gasteiger partial charge in [0.15, 0.2) is 5.69 Å². The van der Waals surface area contributed by atoms with Gasteiger partial charge < -0.3 is 9.73 Å². The molecule has 0 spiro atoms. The van der Waals surface area contributed by atoms with E-state index in [0.29, 0.717) is 18.9 Å². The zero-order valence-electron chi connectivity index (χ0n) is 14.8. The van der Waals surface area contributed by atoms with Gasteiger partial charge in [-0.1, -0.05) is 30.3 Å². The van der Waals surface area contributed by atoms with Crippen molar-refractivity contribution >= 4 is 5.91 Å². The normalized spacial score (nSPS) is 14.2. The molecular formula is C20H22N4O2. The highest BCUT2D eigenvalue weighted by Gasteiger charge is 2.20. The van der Waals surface area contributed by atoms with Gasteiger partial charge in [-0.15, -0.1) is 0 Å². The molecular weight excluding hydrogens is 328 g/mol. The molecule has 26 heavy (non-hydrogen) atoms. The van der Waals surface area contributed by atoms with Crippen LogP contribution < -0.4 is 5.32 Å². The minimum Gasteiger partial charge on any atom is -0.465 e. The Morgan fingerprint density at radius 2 is 2.08 bits per heavy atom. The van der Waals surface area contributed by atoms with Crippen molar-refractivity contribution in [1.82, 2.24) is 20.0 Å². The number of carbonyl (C=O) groups excluding carboxylic acids is 1. The molecule has 0 radical (unpaired) electrons. The summed E-state index contributed by atoms with van der Waals surface area (Å²) in [5.41, 5.74) is 2.85. The maximum absolute atomic E-state index is 12.4. The summed E-state index contributed by atoms with van der Waals surface area (Å²) in [5, 5.41) is 7.36. The standard InChI is InChI=1S/C20H22N4O2/c1-15-7-8-18(26-15)12-21-20(25)19-11-17-9-10-23(14-24(17)22-19)13-16-5-3-2-4-6-16/h2-8,11H,9-10,12-14H2,1H3,(H,21,25). The number of aromatic nitrogens is 2. The van der Waals surface area contributed by atoms with Crippen LogP contribution in [-0.2, 0) is 26.2 Å². The largest absolute Gasteiger partial charge is 0.465 e. The van der Waals surface area contributed by atoms with Crippen LogP contribution in [-0.4, -0.2) is 27.1 Å². The maximum atomic E-state index is 12.4. The molecule has 0 bridgehead atoms. The van der Waals surface area contributed by atoms with Gasteiger partial charge in [-0.05, 0) is 30.7 Å². The van der Waals surface area contributed by atoms with Gasteiger partial charge in [0.05, 0.1) is 13.2 Å². The van der Waals surface area contributed by atoms with Crippen LogP contribution >= 0.6 is 0 Å². The van der Waals surface area contributed by atoms with E-state index < -0.39 is 0 Å². The zero-order valence-corrected chi connectivity index (χ0v) is 14.8. The number of nitrogens with zero attached hydrogens (tertiary/aromatic N) is 3. The van der Waals surface area contributed by atoms with E-state index in [2.05, 4.69) is 39.6 Å². The quantitative estimate of drug-likeness (QED) is 0.768.